The summed E-state index contributed by atoms with van der Waals surface area (Å²) < 4.78 is 11.2. The van der Waals surface area contributed by atoms with E-state index in [0.717, 1.165) is 18.0 Å². The molecule has 2 aliphatic rings. The molecule has 1 heterocycles. The van der Waals surface area contributed by atoms with Gasteiger partial charge >= 0.3 is 0 Å². The van der Waals surface area contributed by atoms with Gasteiger partial charge in [-0.2, -0.15) is 0 Å². The number of hydrogen-bond donors (Lipinski definition) is 1. The third-order valence-electron chi connectivity index (χ3n) is 3.91. The quantitative estimate of drug-likeness (QED) is 0.852. The maximum Gasteiger partial charge on any atom is 0.161 e. The standard InChI is InChI=1S/C14H19NO2/c15-9-10-1-2-11(7-10)12-3-4-13-14(8-12)17-6-5-16-13/h3-4,8,10-11H,1-2,5-7,9,15H2. The van der Waals surface area contributed by atoms with Gasteiger partial charge < -0.3 is 15.2 Å². The first-order valence-corrected chi connectivity index (χ1v) is 6.46. The average molecular weight is 233 g/mol. The Morgan fingerprint density at radius 1 is 1.12 bits per heavy atom. The molecule has 2 N–H and O–H groups in total. The number of fused-ring (bicyclic) bond motifs is 1. The van der Waals surface area contributed by atoms with Crippen LogP contribution in [0.15, 0.2) is 18.2 Å². The van der Waals surface area contributed by atoms with Crippen molar-refractivity contribution in [2.24, 2.45) is 11.7 Å². The zero-order valence-corrected chi connectivity index (χ0v) is 10.0. The number of ether oxygens (including phenoxy) is 2. The fourth-order valence-corrected chi connectivity index (χ4v) is 2.91. The second kappa shape index (κ2) is 4.57. The maximum atomic E-state index is 5.74. The Balaban J connectivity index is 1.79. The molecule has 3 rings (SSSR count). The Morgan fingerprint density at radius 2 is 1.94 bits per heavy atom. The molecular formula is C14H19NO2. The first-order chi connectivity index (χ1) is 8.36. The molecule has 17 heavy (non-hydrogen) atoms. The monoisotopic (exact) mass is 233 g/mol. The van der Waals surface area contributed by atoms with E-state index in [4.69, 9.17) is 15.2 Å². The molecule has 2 atom stereocenters. The maximum absolute atomic E-state index is 5.74. The molecule has 3 heteroatoms. The Bertz CT molecular complexity index is 405. The van der Waals surface area contributed by atoms with E-state index in [1.54, 1.807) is 0 Å². The Kier molecular flexibility index (Phi) is 2.93. The van der Waals surface area contributed by atoms with Gasteiger partial charge in [-0.1, -0.05) is 6.07 Å². The van der Waals surface area contributed by atoms with Gasteiger partial charge in [-0.05, 0) is 55.3 Å². The van der Waals surface area contributed by atoms with Crippen molar-refractivity contribution in [1.82, 2.24) is 0 Å². The molecule has 1 fully saturated rings. The summed E-state index contributed by atoms with van der Waals surface area (Å²) in [5.74, 6) is 3.14. The highest BCUT2D eigenvalue weighted by atomic mass is 16.6. The van der Waals surface area contributed by atoms with Crippen molar-refractivity contribution in [3.05, 3.63) is 23.8 Å². The van der Waals surface area contributed by atoms with Gasteiger partial charge in [0.15, 0.2) is 11.5 Å². The Labute approximate surface area is 102 Å². The molecule has 1 aromatic carbocycles. The topological polar surface area (TPSA) is 44.5 Å². The highest BCUT2D eigenvalue weighted by Gasteiger charge is 2.26. The van der Waals surface area contributed by atoms with Gasteiger partial charge in [-0.25, -0.2) is 0 Å². The van der Waals surface area contributed by atoms with Crippen molar-refractivity contribution >= 4 is 0 Å². The molecule has 0 spiro atoms. The summed E-state index contributed by atoms with van der Waals surface area (Å²) in [6.07, 6.45) is 3.73. The second-order valence-corrected chi connectivity index (χ2v) is 5.01. The van der Waals surface area contributed by atoms with Crippen molar-refractivity contribution in [3.8, 4) is 11.5 Å². The molecule has 1 aliphatic heterocycles. The van der Waals surface area contributed by atoms with Crippen LogP contribution in [0, 0.1) is 5.92 Å². The van der Waals surface area contributed by atoms with Crippen LogP contribution >= 0.6 is 0 Å². The second-order valence-electron chi connectivity index (χ2n) is 5.01. The molecule has 0 amide bonds. The number of rotatable bonds is 2. The highest BCUT2D eigenvalue weighted by molar-refractivity contribution is 5.45. The largest absolute Gasteiger partial charge is 0.486 e. The fourth-order valence-electron chi connectivity index (χ4n) is 2.91. The van der Waals surface area contributed by atoms with Crippen molar-refractivity contribution in [3.63, 3.8) is 0 Å². The summed E-state index contributed by atoms with van der Waals surface area (Å²) in [7, 11) is 0. The summed E-state index contributed by atoms with van der Waals surface area (Å²) in [6, 6.07) is 6.37. The van der Waals surface area contributed by atoms with Crippen molar-refractivity contribution in [2.45, 2.75) is 25.2 Å². The smallest absolute Gasteiger partial charge is 0.161 e. The average Bonchev–Trinajstić information content (AvgIpc) is 2.87. The lowest BCUT2D eigenvalue weighted by Crippen LogP contribution is -2.15. The van der Waals surface area contributed by atoms with Gasteiger partial charge in [0.05, 0.1) is 0 Å². The lowest BCUT2D eigenvalue weighted by Gasteiger charge is -2.20. The summed E-state index contributed by atoms with van der Waals surface area (Å²) >= 11 is 0. The number of nitrogens with two attached hydrogens (primary N) is 1. The lowest BCUT2D eigenvalue weighted by molar-refractivity contribution is 0.171. The molecule has 0 saturated heterocycles. The lowest BCUT2D eigenvalue weighted by atomic mass is 9.96. The molecule has 0 radical (unpaired) electrons. The van der Waals surface area contributed by atoms with E-state index in [-0.39, 0.29) is 0 Å². The molecule has 92 valence electrons. The van der Waals surface area contributed by atoms with Gasteiger partial charge in [0.25, 0.3) is 0 Å². The molecule has 1 saturated carbocycles. The van der Waals surface area contributed by atoms with Crippen LogP contribution in [0.1, 0.15) is 30.7 Å². The predicted molar refractivity (Wildman–Crippen MR) is 66.6 cm³/mol. The summed E-state index contributed by atoms with van der Waals surface area (Å²) in [5.41, 5.74) is 7.12. The molecule has 2 unspecified atom stereocenters. The fraction of sp³-hybridized carbons (Fsp3) is 0.571. The van der Waals surface area contributed by atoms with Gasteiger partial charge in [0.1, 0.15) is 13.2 Å². The minimum absolute atomic E-state index is 0.652. The summed E-state index contributed by atoms with van der Waals surface area (Å²) in [6.45, 7) is 2.14. The Hall–Kier alpha value is -1.22. The van der Waals surface area contributed by atoms with Crippen LogP contribution < -0.4 is 15.2 Å². The van der Waals surface area contributed by atoms with Crippen LogP contribution in [-0.4, -0.2) is 19.8 Å². The molecule has 1 aliphatic carbocycles. The third-order valence-corrected chi connectivity index (χ3v) is 3.91. The van der Waals surface area contributed by atoms with E-state index in [9.17, 15) is 0 Å². The molecule has 3 nitrogen and oxygen atoms in total. The third kappa shape index (κ3) is 2.12. The Morgan fingerprint density at radius 3 is 2.71 bits per heavy atom. The van der Waals surface area contributed by atoms with Crippen molar-refractivity contribution in [1.29, 1.82) is 0 Å². The minimum atomic E-state index is 0.652. The number of hydrogen-bond acceptors (Lipinski definition) is 3. The van der Waals surface area contributed by atoms with E-state index in [1.807, 2.05) is 6.07 Å². The zero-order chi connectivity index (χ0) is 11.7. The highest BCUT2D eigenvalue weighted by Crippen LogP contribution is 2.41. The molecule has 0 bridgehead atoms. The number of benzene rings is 1. The van der Waals surface area contributed by atoms with E-state index in [1.165, 1.54) is 24.8 Å². The normalized spacial score (nSPS) is 27.1. The van der Waals surface area contributed by atoms with E-state index >= 15 is 0 Å². The van der Waals surface area contributed by atoms with E-state index < -0.39 is 0 Å². The summed E-state index contributed by atoms with van der Waals surface area (Å²) in [4.78, 5) is 0. The minimum Gasteiger partial charge on any atom is -0.486 e. The SMILES string of the molecule is NCC1CCC(c2ccc3c(c2)OCCO3)C1. The van der Waals surface area contributed by atoms with Gasteiger partial charge in [-0.15, -0.1) is 0 Å². The molecule has 0 aromatic heterocycles. The van der Waals surface area contributed by atoms with Crippen LogP contribution in [-0.2, 0) is 0 Å². The predicted octanol–water partition coefficient (Wildman–Crippen LogP) is 2.30. The molecular weight excluding hydrogens is 214 g/mol. The van der Waals surface area contributed by atoms with E-state index in [2.05, 4.69) is 12.1 Å². The van der Waals surface area contributed by atoms with Crippen LogP contribution in [0.2, 0.25) is 0 Å². The van der Waals surface area contributed by atoms with Gasteiger partial charge in [0.2, 0.25) is 0 Å². The first kappa shape index (κ1) is 10.9. The van der Waals surface area contributed by atoms with Gasteiger partial charge in [0, 0.05) is 0 Å². The van der Waals surface area contributed by atoms with Crippen molar-refractivity contribution < 1.29 is 9.47 Å². The van der Waals surface area contributed by atoms with E-state index in [0.29, 0.717) is 25.0 Å². The van der Waals surface area contributed by atoms with Crippen LogP contribution in [0.4, 0.5) is 0 Å². The summed E-state index contributed by atoms with van der Waals surface area (Å²) in [5, 5.41) is 0. The van der Waals surface area contributed by atoms with Crippen LogP contribution in [0.25, 0.3) is 0 Å². The van der Waals surface area contributed by atoms with Gasteiger partial charge in [-0.3, -0.25) is 0 Å². The van der Waals surface area contributed by atoms with Crippen LogP contribution in [0.3, 0.4) is 0 Å². The zero-order valence-electron chi connectivity index (χ0n) is 10.0. The van der Waals surface area contributed by atoms with Crippen LogP contribution in [0.5, 0.6) is 11.5 Å². The molecule has 1 aromatic rings. The van der Waals surface area contributed by atoms with Crippen molar-refractivity contribution in [2.75, 3.05) is 19.8 Å². The first-order valence-electron chi connectivity index (χ1n) is 6.46.